The lowest BCUT2D eigenvalue weighted by Crippen LogP contribution is -2.43. The fourth-order valence-electron chi connectivity index (χ4n) is 1.75. The van der Waals surface area contributed by atoms with Gasteiger partial charge in [-0.25, -0.2) is 0 Å². The molecule has 0 spiro atoms. The molecule has 0 aliphatic rings. The number of methoxy groups -OCH3 is 2. The van der Waals surface area contributed by atoms with E-state index < -0.39 is 0 Å². The first-order valence-electron chi connectivity index (χ1n) is 7.19. The Morgan fingerprint density at radius 2 is 1.81 bits per heavy atom. The Kier molecular flexibility index (Phi) is 6.85. The van der Waals surface area contributed by atoms with E-state index in [2.05, 4.69) is 36.4 Å². The molecule has 118 valence electrons. The lowest BCUT2D eigenvalue weighted by Gasteiger charge is -2.21. The summed E-state index contributed by atoms with van der Waals surface area (Å²) in [7, 11) is 5.05. The van der Waals surface area contributed by atoms with Crippen molar-refractivity contribution >= 4 is 5.96 Å². The highest BCUT2D eigenvalue weighted by molar-refractivity contribution is 5.79. The molecule has 0 saturated heterocycles. The van der Waals surface area contributed by atoms with E-state index in [0.717, 1.165) is 23.0 Å². The molecule has 1 unspecified atom stereocenters. The second kappa shape index (κ2) is 8.39. The van der Waals surface area contributed by atoms with Gasteiger partial charge in [0.05, 0.1) is 14.2 Å². The van der Waals surface area contributed by atoms with Crippen molar-refractivity contribution in [3.05, 3.63) is 23.8 Å². The zero-order chi connectivity index (χ0) is 15.8. The maximum atomic E-state index is 5.31. The highest BCUT2D eigenvalue weighted by atomic mass is 16.5. The minimum Gasteiger partial charge on any atom is -0.493 e. The minimum atomic E-state index is 0.363. The molecule has 2 N–H and O–H groups in total. The summed E-state index contributed by atoms with van der Waals surface area (Å²) in [4.78, 5) is 4.24. The molecule has 21 heavy (non-hydrogen) atoms. The fraction of sp³-hybridized carbons (Fsp3) is 0.562. The van der Waals surface area contributed by atoms with Gasteiger partial charge in [-0.1, -0.05) is 19.9 Å². The van der Waals surface area contributed by atoms with Crippen LogP contribution in [0, 0.1) is 5.92 Å². The molecule has 0 saturated carbocycles. The van der Waals surface area contributed by atoms with Gasteiger partial charge in [0.25, 0.3) is 0 Å². The first-order valence-corrected chi connectivity index (χ1v) is 7.19. The number of benzene rings is 1. The molecule has 1 rings (SSSR count). The second-order valence-corrected chi connectivity index (χ2v) is 5.29. The number of rotatable bonds is 6. The van der Waals surface area contributed by atoms with Crippen molar-refractivity contribution in [2.24, 2.45) is 10.9 Å². The molecule has 0 bridgehead atoms. The number of nitrogens with one attached hydrogen (secondary N) is 2. The largest absolute Gasteiger partial charge is 0.493 e. The Bertz CT molecular complexity index is 473. The van der Waals surface area contributed by atoms with Crippen LogP contribution in [-0.4, -0.2) is 33.3 Å². The molecule has 0 fully saturated rings. The number of nitrogens with zero attached hydrogens (tertiary/aromatic N) is 1. The fourth-order valence-corrected chi connectivity index (χ4v) is 1.75. The van der Waals surface area contributed by atoms with Crippen LogP contribution in [0.5, 0.6) is 11.5 Å². The van der Waals surface area contributed by atoms with Crippen LogP contribution in [0.2, 0.25) is 0 Å². The number of ether oxygens (including phenoxy) is 2. The lowest BCUT2D eigenvalue weighted by molar-refractivity contribution is 0.354. The van der Waals surface area contributed by atoms with Gasteiger partial charge >= 0.3 is 0 Å². The molecule has 0 amide bonds. The van der Waals surface area contributed by atoms with Gasteiger partial charge in [0.15, 0.2) is 17.5 Å². The Morgan fingerprint density at radius 3 is 2.33 bits per heavy atom. The van der Waals surface area contributed by atoms with Crippen molar-refractivity contribution in [3.63, 3.8) is 0 Å². The molecule has 0 aliphatic carbocycles. The molecule has 1 aromatic rings. The van der Waals surface area contributed by atoms with E-state index in [1.165, 1.54) is 0 Å². The van der Waals surface area contributed by atoms with Gasteiger partial charge in [0.1, 0.15) is 0 Å². The molecular formula is C16H27N3O2. The summed E-state index contributed by atoms with van der Waals surface area (Å²) in [6.07, 6.45) is 0. The van der Waals surface area contributed by atoms with Gasteiger partial charge in [-0.15, -0.1) is 0 Å². The summed E-state index contributed by atoms with van der Waals surface area (Å²) >= 11 is 0. The van der Waals surface area contributed by atoms with E-state index in [0.29, 0.717) is 18.5 Å². The van der Waals surface area contributed by atoms with Crippen molar-refractivity contribution in [2.75, 3.05) is 21.3 Å². The topological polar surface area (TPSA) is 54.9 Å². The van der Waals surface area contributed by atoms with Gasteiger partial charge in [-0.2, -0.15) is 0 Å². The molecular weight excluding hydrogens is 266 g/mol. The molecule has 5 nitrogen and oxygen atoms in total. The number of aliphatic imine (C=N–C) groups is 1. The number of hydrogen-bond donors (Lipinski definition) is 2. The average molecular weight is 293 g/mol. The number of hydrogen-bond acceptors (Lipinski definition) is 3. The van der Waals surface area contributed by atoms with E-state index in [1.54, 1.807) is 21.3 Å². The maximum Gasteiger partial charge on any atom is 0.191 e. The van der Waals surface area contributed by atoms with Crippen LogP contribution in [0.1, 0.15) is 26.3 Å². The lowest BCUT2D eigenvalue weighted by atomic mass is 10.1. The summed E-state index contributed by atoms with van der Waals surface area (Å²) < 4.78 is 10.5. The first kappa shape index (κ1) is 17.1. The summed E-state index contributed by atoms with van der Waals surface area (Å²) in [5.74, 6) is 2.81. The van der Waals surface area contributed by atoms with E-state index in [1.807, 2.05) is 18.2 Å². The Labute approximate surface area is 127 Å². The molecule has 0 heterocycles. The van der Waals surface area contributed by atoms with E-state index >= 15 is 0 Å². The third-order valence-electron chi connectivity index (χ3n) is 3.50. The standard InChI is InChI=1S/C16H27N3O2/c1-11(2)12(3)19-16(17-4)18-10-13-7-8-14(20-5)15(9-13)21-6/h7-9,11-12H,10H2,1-6H3,(H2,17,18,19). The zero-order valence-electron chi connectivity index (χ0n) is 13.9. The molecule has 1 aromatic carbocycles. The predicted molar refractivity (Wildman–Crippen MR) is 87.2 cm³/mol. The smallest absolute Gasteiger partial charge is 0.191 e. The monoisotopic (exact) mass is 293 g/mol. The van der Waals surface area contributed by atoms with Crippen LogP contribution in [-0.2, 0) is 6.54 Å². The van der Waals surface area contributed by atoms with Crippen molar-refractivity contribution < 1.29 is 9.47 Å². The van der Waals surface area contributed by atoms with Gasteiger partial charge < -0.3 is 20.1 Å². The van der Waals surface area contributed by atoms with Gasteiger partial charge in [-0.3, -0.25) is 4.99 Å². The van der Waals surface area contributed by atoms with Crippen molar-refractivity contribution in [1.29, 1.82) is 0 Å². The SMILES string of the molecule is CN=C(NCc1ccc(OC)c(OC)c1)NC(C)C(C)C. The maximum absolute atomic E-state index is 5.31. The van der Waals surface area contributed by atoms with Crippen molar-refractivity contribution in [3.8, 4) is 11.5 Å². The first-order chi connectivity index (χ1) is 10.0. The predicted octanol–water partition coefficient (Wildman–Crippen LogP) is 2.41. The van der Waals surface area contributed by atoms with E-state index in [4.69, 9.17) is 9.47 Å². The van der Waals surface area contributed by atoms with E-state index in [9.17, 15) is 0 Å². The third kappa shape index (κ3) is 5.17. The van der Waals surface area contributed by atoms with Crippen molar-refractivity contribution in [1.82, 2.24) is 10.6 Å². The van der Waals surface area contributed by atoms with Crippen molar-refractivity contribution in [2.45, 2.75) is 33.4 Å². The Hall–Kier alpha value is -1.91. The van der Waals surface area contributed by atoms with Gasteiger partial charge in [0, 0.05) is 19.6 Å². The quantitative estimate of drug-likeness (QED) is 0.625. The average Bonchev–Trinajstić information content (AvgIpc) is 2.50. The van der Waals surface area contributed by atoms with Gasteiger partial charge in [-0.05, 0) is 30.5 Å². The van der Waals surface area contributed by atoms with Crippen LogP contribution in [0.3, 0.4) is 0 Å². The molecule has 0 radical (unpaired) electrons. The van der Waals surface area contributed by atoms with Gasteiger partial charge in [0.2, 0.25) is 0 Å². The number of guanidine groups is 1. The molecule has 5 heteroatoms. The highest BCUT2D eigenvalue weighted by Crippen LogP contribution is 2.27. The normalized spacial score (nSPS) is 13.0. The molecule has 0 aromatic heterocycles. The molecule has 0 aliphatic heterocycles. The van der Waals surface area contributed by atoms with Crippen LogP contribution in [0.25, 0.3) is 0 Å². The second-order valence-electron chi connectivity index (χ2n) is 5.29. The van der Waals surface area contributed by atoms with Crippen LogP contribution >= 0.6 is 0 Å². The summed E-state index contributed by atoms with van der Waals surface area (Å²) in [5.41, 5.74) is 1.10. The van der Waals surface area contributed by atoms with Crippen LogP contribution in [0.15, 0.2) is 23.2 Å². The summed E-state index contributed by atoms with van der Waals surface area (Å²) in [5, 5.41) is 6.67. The zero-order valence-corrected chi connectivity index (χ0v) is 13.9. The summed E-state index contributed by atoms with van der Waals surface area (Å²) in [6.45, 7) is 7.18. The molecule has 1 atom stereocenters. The van der Waals surface area contributed by atoms with E-state index in [-0.39, 0.29) is 0 Å². The minimum absolute atomic E-state index is 0.363. The highest BCUT2D eigenvalue weighted by Gasteiger charge is 2.09. The van der Waals surface area contributed by atoms with Crippen LogP contribution < -0.4 is 20.1 Å². The Balaban J connectivity index is 2.65. The summed E-state index contributed by atoms with van der Waals surface area (Å²) in [6, 6.07) is 6.24. The third-order valence-corrected chi connectivity index (χ3v) is 3.50. The van der Waals surface area contributed by atoms with Crippen LogP contribution in [0.4, 0.5) is 0 Å². The Morgan fingerprint density at radius 1 is 1.14 bits per heavy atom.